The molecule has 3 nitrogen and oxygen atoms in total. The van der Waals surface area contributed by atoms with Crippen molar-refractivity contribution >= 4 is 0 Å². The van der Waals surface area contributed by atoms with Gasteiger partial charge in [0.15, 0.2) is 0 Å². The van der Waals surface area contributed by atoms with Crippen LogP contribution < -0.4 is 5.32 Å². The Labute approximate surface area is 116 Å². The third kappa shape index (κ3) is 2.33. The minimum absolute atomic E-state index is 0.593. The lowest BCUT2D eigenvalue weighted by atomic mass is 9.76. The topological polar surface area (TPSA) is 29.9 Å². The van der Waals surface area contributed by atoms with E-state index in [0.29, 0.717) is 12.1 Å². The number of rotatable bonds is 2. The molecule has 19 heavy (non-hydrogen) atoms. The van der Waals surface area contributed by atoms with Crippen molar-refractivity contribution in [2.75, 3.05) is 7.05 Å². The van der Waals surface area contributed by atoms with Gasteiger partial charge in [-0.25, -0.2) is 4.98 Å². The maximum Gasteiger partial charge on any atom is 0.0954 e. The van der Waals surface area contributed by atoms with Crippen molar-refractivity contribution in [3.8, 4) is 0 Å². The first kappa shape index (κ1) is 13.2. The fraction of sp³-hybridized carbons (Fsp3) is 0.812. The smallest absolute Gasteiger partial charge is 0.0954 e. The van der Waals surface area contributed by atoms with Gasteiger partial charge < -0.3 is 9.88 Å². The van der Waals surface area contributed by atoms with Gasteiger partial charge in [0.25, 0.3) is 0 Å². The fourth-order valence-electron chi connectivity index (χ4n) is 4.35. The third-order valence-electron chi connectivity index (χ3n) is 5.18. The Kier molecular flexibility index (Phi) is 3.66. The molecule has 3 rings (SSSR count). The zero-order chi connectivity index (χ0) is 13.4. The Morgan fingerprint density at radius 3 is 2.79 bits per heavy atom. The standard InChI is InChI=1S/C16H27N3/c1-11-8-12(2)16(14(9-11)17-3)19-10-18-13-6-4-5-7-15(13)19/h10-12,14,16-17H,4-9H2,1-3H3. The second-order valence-electron chi connectivity index (χ2n) is 6.69. The molecule has 0 radical (unpaired) electrons. The van der Waals surface area contributed by atoms with Crippen molar-refractivity contribution in [2.45, 2.75) is 64.5 Å². The number of hydrogen-bond donors (Lipinski definition) is 1. The summed E-state index contributed by atoms with van der Waals surface area (Å²) in [7, 11) is 2.12. The van der Waals surface area contributed by atoms with Crippen molar-refractivity contribution in [3.63, 3.8) is 0 Å². The quantitative estimate of drug-likeness (QED) is 0.887. The van der Waals surface area contributed by atoms with Gasteiger partial charge in [0.1, 0.15) is 0 Å². The molecular weight excluding hydrogens is 234 g/mol. The van der Waals surface area contributed by atoms with Crippen molar-refractivity contribution in [3.05, 3.63) is 17.7 Å². The minimum atomic E-state index is 0.593. The lowest BCUT2D eigenvalue weighted by Crippen LogP contribution is -2.44. The van der Waals surface area contributed by atoms with Crippen molar-refractivity contribution in [2.24, 2.45) is 11.8 Å². The number of imidazole rings is 1. The lowest BCUT2D eigenvalue weighted by Gasteiger charge is -2.41. The molecule has 4 unspecified atom stereocenters. The molecule has 2 aliphatic rings. The molecule has 4 atom stereocenters. The summed E-state index contributed by atoms with van der Waals surface area (Å²) < 4.78 is 2.52. The Bertz CT molecular complexity index is 437. The van der Waals surface area contributed by atoms with E-state index in [1.54, 1.807) is 0 Å². The molecule has 1 heterocycles. The number of likely N-dealkylation sites (N-methyl/N-ethyl adjacent to an activating group) is 1. The normalized spacial score (nSPS) is 35.1. The van der Waals surface area contributed by atoms with E-state index >= 15 is 0 Å². The fourth-order valence-corrected chi connectivity index (χ4v) is 4.35. The lowest BCUT2D eigenvalue weighted by molar-refractivity contribution is 0.156. The van der Waals surface area contributed by atoms with E-state index in [2.05, 4.69) is 42.1 Å². The molecule has 106 valence electrons. The maximum absolute atomic E-state index is 4.69. The van der Waals surface area contributed by atoms with E-state index in [9.17, 15) is 0 Å². The van der Waals surface area contributed by atoms with E-state index in [1.807, 2.05) is 0 Å². The number of fused-ring (bicyclic) bond motifs is 1. The Balaban J connectivity index is 1.92. The molecule has 1 saturated carbocycles. The highest BCUT2D eigenvalue weighted by molar-refractivity contribution is 5.18. The number of nitrogens with zero attached hydrogens (tertiary/aromatic N) is 2. The maximum atomic E-state index is 4.69. The molecule has 1 aromatic rings. The monoisotopic (exact) mass is 261 g/mol. The highest BCUT2D eigenvalue weighted by Crippen LogP contribution is 2.38. The van der Waals surface area contributed by atoms with Crippen LogP contribution in [0.5, 0.6) is 0 Å². The van der Waals surface area contributed by atoms with Crippen LogP contribution in [0.2, 0.25) is 0 Å². The number of aromatic nitrogens is 2. The Morgan fingerprint density at radius 2 is 2.00 bits per heavy atom. The largest absolute Gasteiger partial charge is 0.329 e. The van der Waals surface area contributed by atoms with Crippen molar-refractivity contribution < 1.29 is 0 Å². The highest BCUT2D eigenvalue weighted by atomic mass is 15.1. The summed E-state index contributed by atoms with van der Waals surface area (Å²) in [5.74, 6) is 1.57. The molecule has 1 aromatic heterocycles. The van der Waals surface area contributed by atoms with Gasteiger partial charge in [-0.15, -0.1) is 0 Å². The summed E-state index contributed by atoms with van der Waals surface area (Å²) in [6, 6.07) is 1.19. The molecule has 1 N–H and O–H groups in total. The number of hydrogen-bond acceptors (Lipinski definition) is 2. The molecule has 0 bridgehead atoms. The second-order valence-corrected chi connectivity index (χ2v) is 6.69. The van der Waals surface area contributed by atoms with Crippen molar-refractivity contribution in [1.29, 1.82) is 0 Å². The third-order valence-corrected chi connectivity index (χ3v) is 5.18. The summed E-state index contributed by atoms with van der Waals surface area (Å²) in [5.41, 5.74) is 2.89. The van der Waals surface area contributed by atoms with Gasteiger partial charge in [-0.05, 0) is 57.4 Å². The highest BCUT2D eigenvalue weighted by Gasteiger charge is 2.35. The average Bonchev–Trinajstić information content (AvgIpc) is 2.81. The van der Waals surface area contributed by atoms with Crippen LogP contribution in [-0.2, 0) is 12.8 Å². The zero-order valence-electron chi connectivity index (χ0n) is 12.5. The van der Waals surface area contributed by atoms with Crippen LogP contribution in [0.1, 0.15) is 57.0 Å². The van der Waals surface area contributed by atoms with E-state index in [4.69, 9.17) is 0 Å². The first-order valence-corrected chi connectivity index (χ1v) is 7.92. The predicted octanol–water partition coefficient (Wildman–Crippen LogP) is 2.96. The molecule has 0 saturated heterocycles. The van der Waals surface area contributed by atoms with Gasteiger partial charge in [-0.1, -0.05) is 13.8 Å². The van der Waals surface area contributed by atoms with Crippen LogP contribution in [0.25, 0.3) is 0 Å². The predicted molar refractivity (Wildman–Crippen MR) is 78.3 cm³/mol. The molecular formula is C16H27N3. The molecule has 3 heteroatoms. The van der Waals surface area contributed by atoms with Gasteiger partial charge in [0, 0.05) is 11.7 Å². The minimum Gasteiger partial charge on any atom is -0.329 e. The van der Waals surface area contributed by atoms with Crippen LogP contribution in [0, 0.1) is 11.8 Å². The van der Waals surface area contributed by atoms with E-state index in [0.717, 1.165) is 11.8 Å². The molecule has 2 aliphatic carbocycles. The Hall–Kier alpha value is -0.830. The average molecular weight is 261 g/mol. The summed E-state index contributed by atoms with van der Waals surface area (Å²) >= 11 is 0. The van der Waals surface area contributed by atoms with Crippen molar-refractivity contribution in [1.82, 2.24) is 14.9 Å². The van der Waals surface area contributed by atoms with Gasteiger partial charge in [-0.3, -0.25) is 0 Å². The van der Waals surface area contributed by atoms with Gasteiger partial charge >= 0.3 is 0 Å². The van der Waals surface area contributed by atoms with Crippen LogP contribution in [0.15, 0.2) is 6.33 Å². The van der Waals surface area contributed by atoms with Crippen LogP contribution >= 0.6 is 0 Å². The molecule has 0 aromatic carbocycles. The summed E-state index contributed by atoms with van der Waals surface area (Å²) in [4.78, 5) is 4.69. The first-order chi connectivity index (χ1) is 9.20. The summed E-state index contributed by atoms with van der Waals surface area (Å²) in [6.45, 7) is 4.81. The van der Waals surface area contributed by atoms with E-state index in [-0.39, 0.29) is 0 Å². The Morgan fingerprint density at radius 1 is 1.21 bits per heavy atom. The molecule has 0 amide bonds. The zero-order valence-corrected chi connectivity index (χ0v) is 12.5. The first-order valence-electron chi connectivity index (χ1n) is 7.92. The van der Waals surface area contributed by atoms with E-state index in [1.165, 1.54) is 49.9 Å². The van der Waals surface area contributed by atoms with Crippen LogP contribution in [-0.4, -0.2) is 22.6 Å². The van der Waals surface area contributed by atoms with Crippen LogP contribution in [0.4, 0.5) is 0 Å². The second kappa shape index (κ2) is 5.28. The van der Waals surface area contributed by atoms with Gasteiger partial charge in [0.05, 0.1) is 18.1 Å². The molecule has 0 aliphatic heterocycles. The number of aryl methyl sites for hydroxylation is 1. The van der Waals surface area contributed by atoms with Gasteiger partial charge in [-0.2, -0.15) is 0 Å². The SMILES string of the molecule is CNC1CC(C)CC(C)C1n1cnc2c1CCCC2. The molecule has 1 fully saturated rings. The van der Waals surface area contributed by atoms with Crippen LogP contribution in [0.3, 0.4) is 0 Å². The van der Waals surface area contributed by atoms with Gasteiger partial charge in [0.2, 0.25) is 0 Å². The summed E-state index contributed by atoms with van der Waals surface area (Å²) in [6.07, 6.45) is 9.82. The summed E-state index contributed by atoms with van der Waals surface area (Å²) in [5, 5.41) is 3.56. The van der Waals surface area contributed by atoms with E-state index < -0.39 is 0 Å². The molecule has 0 spiro atoms. The number of nitrogens with one attached hydrogen (secondary N) is 1.